The van der Waals surface area contributed by atoms with Crippen molar-refractivity contribution in [3.63, 3.8) is 0 Å². The van der Waals surface area contributed by atoms with E-state index in [0.717, 1.165) is 16.9 Å². The molecule has 2 N–H and O–H groups in total. The predicted octanol–water partition coefficient (Wildman–Crippen LogP) is 3.74. The maximum atomic E-state index is 11.9. The van der Waals surface area contributed by atoms with Crippen molar-refractivity contribution in [2.45, 2.75) is 34.1 Å². The lowest BCUT2D eigenvalue weighted by Crippen LogP contribution is -2.17. The third-order valence-corrected chi connectivity index (χ3v) is 4.48. The summed E-state index contributed by atoms with van der Waals surface area (Å²) < 4.78 is 5.54. The maximum Gasteiger partial charge on any atom is 0.308 e. The monoisotopic (exact) mass is 362 g/mol. The Kier molecular flexibility index (Phi) is 6.14. The average molecular weight is 362 g/mol. The zero-order valence-electron chi connectivity index (χ0n) is 14.8. The summed E-state index contributed by atoms with van der Waals surface area (Å²) in [6, 6.07) is 5.62. The first-order valence-corrected chi connectivity index (χ1v) is 8.89. The fourth-order valence-corrected chi connectivity index (χ4v) is 3.23. The summed E-state index contributed by atoms with van der Waals surface area (Å²) in [7, 11) is 0. The smallest absolute Gasteiger partial charge is 0.308 e. The Bertz CT molecular complexity index is 783. The highest BCUT2D eigenvalue weighted by molar-refractivity contribution is 7.16. The molecule has 0 atom stereocenters. The second-order valence-electron chi connectivity index (χ2n) is 5.92. The molecule has 0 fully saturated rings. The minimum Gasteiger partial charge on any atom is -0.494 e. The minimum absolute atomic E-state index is 0.142. The number of amides is 1. The third-order valence-electron chi connectivity index (χ3n) is 3.51. The Morgan fingerprint density at radius 3 is 2.64 bits per heavy atom. The van der Waals surface area contributed by atoms with Crippen molar-refractivity contribution in [1.82, 2.24) is 4.98 Å². The number of carbonyl (C=O) groups is 2. The molecule has 0 saturated heterocycles. The summed E-state index contributed by atoms with van der Waals surface area (Å²) >= 11 is 1.19. The highest BCUT2D eigenvalue weighted by Gasteiger charge is 2.18. The number of aryl methyl sites for hydroxylation is 1. The van der Waals surface area contributed by atoms with E-state index in [1.165, 1.54) is 11.3 Å². The molecule has 1 aromatic carbocycles. The van der Waals surface area contributed by atoms with E-state index >= 15 is 0 Å². The topological polar surface area (TPSA) is 88.5 Å². The van der Waals surface area contributed by atoms with E-state index in [1.54, 1.807) is 13.8 Å². The van der Waals surface area contributed by atoms with E-state index in [-0.39, 0.29) is 18.2 Å². The van der Waals surface area contributed by atoms with Crippen molar-refractivity contribution in [2.24, 2.45) is 5.92 Å². The lowest BCUT2D eigenvalue weighted by molar-refractivity contribution is -0.136. The van der Waals surface area contributed by atoms with Crippen LogP contribution < -0.4 is 10.1 Å². The molecule has 0 aliphatic carbocycles. The van der Waals surface area contributed by atoms with Gasteiger partial charge in [-0.3, -0.25) is 9.59 Å². The standard InChI is InChI=1S/C18H22N2O4S/c1-5-24-13-7-6-12(8-11(13)4)16-14(9-15(21)22)25-18(19-16)20-17(23)10(2)3/h6-8,10H,5,9H2,1-4H3,(H,21,22)(H,19,20,23). The Hall–Kier alpha value is -2.41. The zero-order chi connectivity index (χ0) is 18.6. The number of ether oxygens (including phenoxy) is 1. The fraction of sp³-hybridized carbons (Fsp3) is 0.389. The molecular weight excluding hydrogens is 340 g/mol. The van der Waals surface area contributed by atoms with E-state index in [0.29, 0.717) is 22.3 Å². The first kappa shape index (κ1) is 18.9. The fourth-order valence-electron chi connectivity index (χ4n) is 2.25. The van der Waals surface area contributed by atoms with Crippen molar-refractivity contribution in [1.29, 1.82) is 0 Å². The number of anilines is 1. The van der Waals surface area contributed by atoms with Gasteiger partial charge in [-0.15, -0.1) is 11.3 Å². The highest BCUT2D eigenvalue weighted by Crippen LogP contribution is 2.34. The molecule has 0 aliphatic rings. The summed E-state index contributed by atoms with van der Waals surface area (Å²) in [5, 5.41) is 12.3. The van der Waals surface area contributed by atoms with Crippen molar-refractivity contribution >= 4 is 28.3 Å². The number of carboxylic acids is 1. The Morgan fingerprint density at radius 1 is 1.36 bits per heavy atom. The van der Waals surface area contributed by atoms with E-state index in [1.807, 2.05) is 32.0 Å². The van der Waals surface area contributed by atoms with Crippen LogP contribution in [0.3, 0.4) is 0 Å². The maximum absolute atomic E-state index is 11.9. The molecule has 2 rings (SSSR count). The largest absolute Gasteiger partial charge is 0.494 e. The van der Waals surface area contributed by atoms with Gasteiger partial charge in [0.1, 0.15) is 5.75 Å². The van der Waals surface area contributed by atoms with Crippen molar-refractivity contribution in [2.75, 3.05) is 11.9 Å². The molecule has 0 radical (unpaired) electrons. The number of aromatic nitrogens is 1. The zero-order valence-corrected chi connectivity index (χ0v) is 15.6. The molecule has 2 aromatic rings. The number of nitrogens with zero attached hydrogens (tertiary/aromatic N) is 1. The van der Waals surface area contributed by atoms with Crippen LogP contribution in [-0.2, 0) is 16.0 Å². The average Bonchev–Trinajstić information content (AvgIpc) is 2.91. The molecule has 0 bridgehead atoms. The summed E-state index contributed by atoms with van der Waals surface area (Å²) in [4.78, 5) is 28.1. The van der Waals surface area contributed by atoms with Crippen LogP contribution in [0, 0.1) is 12.8 Å². The second-order valence-corrected chi connectivity index (χ2v) is 7.00. The van der Waals surface area contributed by atoms with E-state index in [4.69, 9.17) is 9.84 Å². The number of thiazole rings is 1. The van der Waals surface area contributed by atoms with Crippen LogP contribution in [0.5, 0.6) is 5.75 Å². The van der Waals surface area contributed by atoms with E-state index in [2.05, 4.69) is 10.3 Å². The molecule has 25 heavy (non-hydrogen) atoms. The van der Waals surface area contributed by atoms with Gasteiger partial charge in [0.05, 0.1) is 18.7 Å². The molecule has 7 heteroatoms. The number of rotatable bonds is 7. The van der Waals surface area contributed by atoms with Crippen LogP contribution in [0.15, 0.2) is 18.2 Å². The van der Waals surface area contributed by atoms with Gasteiger partial charge >= 0.3 is 5.97 Å². The third kappa shape index (κ3) is 4.79. The molecule has 0 aliphatic heterocycles. The quantitative estimate of drug-likeness (QED) is 0.783. The number of benzene rings is 1. The Morgan fingerprint density at radius 2 is 2.08 bits per heavy atom. The number of carboxylic acid groups (broad SMARTS) is 1. The number of aliphatic carboxylic acids is 1. The summed E-state index contributed by atoms with van der Waals surface area (Å²) in [6.45, 7) is 8.00. The first-order valence-electron chi connectivity index (χ1n) is 8.08. The van der Waals surface area contributed by atoms with Crippen molar-refractivity contribution < 1.29 is 19.4 Å². The van der Waals surface area contributed by atoms with Gasteiger partial charge in [-0.2, -0.15) is 0 Å². The van der Waals surface area contributed by atoms with Gasteiger partial charge in [0.25, 0.3) is 0 Å². The number of hydrogen-bond donors (Lipinski definition) is 2. The lowest BCUT2D eigenvalue weighted by Gasteiger charge is -2.08. The van der Waals surface area contributed by atoms with Crippen molar-refractivity contribution in [3.8, 4) is 17.0 Å². The van der Waals surface area contributed by atoms with Crippen LogP contribution in [0.4, 0.5) is 5.13 Å². The van der Waals surface area contributed by atoms with Crippen LogP contribution >= 0.6 is 11.3 Å². The van der Waals surface area contributed by atoms with Gasteiger partial charge in [0.15, 0.2) is 5.13 Å². The molecular formula is C18H22N2O4S. The number of nitrogens with one attached hydrogen (secondary N) is 1. The van der Waals surface area contributed by atoms with E-state index in [9.17, 15) is 9.59 Å². The molecule has 134 valence electrons. The van der Waals surface area contributed by atoms with Crippen LogP contribution in [0.1, 0.15) is 31.2 Å². The van der Waals surface area contributed by atoms with Gasteiger partial charge in [-0.1, -0.05) is 13.8 Å². The van der Waals surface area contributed by atoms with Crippen LogP contribution in [-0.4, -0.2) is 28.6 Å². The first-order chi connectivity index (χ1) is 11.8. The van der Waals surface area contributed by atoms with Gasteiger partial charge < -0.3 is 15.2 Å². The van der Waals surface area contributed by atoms with Gasteiger partial charge in [-0.25, -0.2) is 4.98 Å². The summed E-state index contributed by atoms with van der Waals surface area (Å²) in [5.74, 6) is -0.475. The summed E-state index contributed by atoms with van der Waals surface area (Å²) in [5.41, 5.74) is 2.33. The molecule has 1 aromatic heterocycles. The van der Waals surface area contributed by atoms with E-state index < -0.39 is 5.97 Å². The molecule has 0 unspecified atom stereocenters. The second kappa shape index (κ2) is 8.11. The number of hydrogen-bond acceptors (Lipinski definition) is 5. The molecule has 0 saturated carbocycles. The predicted molar refractivity (Wildman–Crippen MR) is 98.3 cm³/mol. The van der Waals surface area contributed by atoms with Crippen LogP contribution in [0.25, 0.3) is 11.3 Å². The molecule has 6 nitrogen and oxygen atoms in total. The van der Waals surface area contributed by atoms with Gasteiger partial charge in [0, 0.05) is 16.4 Å². The summed E-state index contributed by atoms with van der Waals surface area (Å²) in [6.07, 6.45) is -0.142. The van der Waals surface area contributed by atoms with Gasteiger partial charge in [0.2, 0.25) is 5.91 Å². The van der Waals surface area contributed by atoms with Crippen LogP contribution in [0.2, 0.25) is 0 Å². The molecule has 0 spiro atoms. The normalized spacial score (nSPS) is 10.8. The highest BCUT2D eigenvalue weighted by atomic mass is 32.1. The molecule has 1 amide bonds. The minimum atomic E-state index is -0.936. The Labute approximate surface area is 150 Å². The van der Waals surface area contributed by atoms with Gasteiger partial charge in [-0.05, 0) is 37.6 Å². The Balaban J connectivity index is 2.40. The molecule has 1 heterocycles. The SMILES string of the molecule is CCOc1ccc(-c2nc(NC(=O)C(C)C)sc2CC(=O)O)cc1C. The van der Waals surface area contributed by atoms with Crippen molar-refractivity contribution in [3.05, 3.63) is 28.6 Å². The lowest BCUT2D eigenvalue weighted by atomic mass is 10.1. The number of carbonyl (C=O) groups excluding carboxylic acids is 1.